The molecule has 1 aromatic rings. The third-order valence-electron chi connectivity index (χ3n) is 1.54. The Balaban J connectivity index is 2.81. The summed E-state index contributed by atoms with van der Waals surface area (Å²) in [5.74, 6) is 0.617. The van der Waals surface area contributed by atoms with E-state index in [1.807, 2.05) is 0 Å². The van der Waals surface area contributed by atoms with Crippen LogP contribution < -0.4 is 0 Å². The molecule has 15 heavy (non-hydrogen) atoms. The minimum Gasteiger partial charge on any atom is -0.396 e. The Morgan fingerprint density at radius 3 is 3.00 bits per heavy atom. The molecule has 82 valence electrons. The maximum absolute atomic E-state index is 10.7. The molecule has 0 aromatic carbocycles. The molecule has 0 unspecified atom stereocenters. The highest BCUT2D eigenvalue weighted by atomic mass is 79.9. The number of aliphatic hydroxyl groups excluding tert-OH is 1. The number of aromatic nitrogens is 1. The Labute approximate surface area is 99.2 Å². The third kappa shape index (κ3) is 3.77. The molecule has 1 rings (SSSR count). The molecule has 0 aliphatic rings. The zero-order valence-electron chi connectivity index (χ0n) is 7.72. The van der Waals surface area contributed by atoms with Crippen molar-refractivity contribution in [2.75, 3.05) is 12.4 Å². The van der Waals surface area contributed by atoms with E-state index in [0.717, 1.165) is 0 Å². The predicted molar refractivity (Wildman–Crippen MR) is 61.0 cm³/mol. The number of rotatable bonds is 5. The summed E-state index contributed by atoms with van der Waals surface area (Å²) in [7, 11) is 0. The number of hydrogen-bond acceptors (Lipinski definition) is 5. The summed E-state index contributed by atoms with van der Waals surface area (Å²) >= 11 is 4.41. The van der Waals surface area contributed by atoms with Crippen LogP contribution in [-0.2, 0) is 0 Å². The highest BCUT2D eigenvalue weighted by molar-refractivity contribution is 9.10. The standard InChI is InChI=1S/C8H9BrN2O3S/c9-6-4-7(11(13)14)8(10-5-6)15-3-1-2-12/h4-5,12H,1-3H2. The van der Waals surface area contributed by atoms with Crippen LogP contribution in [0.5, 0.6) is 0 Å². The van der Waals surface area contributed by atoms with Gasteiger partial charge in [0, 0.05) is 29.1 Å². The van der Waals surface area contributed by atoms with E-state index >= 15 is 0 Å². The zero-order valence-corrected chi connectivity index (χ0v) is 10.1. The van der Waals surface area contributed by atoms with Crippen molar-refractivity contribution in [3.63, 3.8) is 0 Å². The lowest BCUT2D eigenvalue weighted by molar-refractivity contribution is -0.388. The molecular weight excluding hydrogens is 284 g/mol. The molecule has 0 fully saturated rings. The fraction of sp³-hybridized carbons (Fsp3) is 0.375. The molecule has 0 radical (unpaired) electrons. The van der Waals surface area contributed by atoms with Crippen molar-refractivity contribution in [2.45, 2.75) is 11.4 Å². The SMILES string of the molecule is O=[N+]([O-])c1cc(Br)cnc1SCCCO. The molecule has 0 atom stereocenters. The van der Waals surface area contributed by atoms with Crippen molar-refractivity contribution >= 4 is 33.4 Å². The van der Waals surface area contributed by atoms with Gasteiger partial charge in [-0.1, -0.05) is 11.8 Å². The van der Waals surface area contributed by atoms with E-state index < -0.39 is 4.92 Å². The van der Waals surface area contributed by atoms with E-state index in [1.54, 1.807) is 0 Å². The Morgan fingerprint density at radius 2 is 2.40 bits per heavy atom. The first-order chi connectivity index (χ1) is 7.15. The average Bonchev–Trinajstić information content (AvgIpc) is 2.20. The normalized spacial score (nSPS) is 10.3. The van der Waals surface area contributed by atoms with Gasteiger partial charge in [0.15, 0.2) is 5.03 Å². The molecular formula is C8H9BrN2O3S. The molecule has 0 saturated heterocycles. The van der Waals surface area contributed by atoms with Crippen LogP contribution in [0.2, 0.25) is 0 Å². The fourth-order valence-corrected chi connectivity index (χ4v) is 2.09. The van der Waals surface area contributed by atoms with Crippen molar-refractivity contribution in [3.8, 4) is 0 Å². The molecule has 7 heteroatoms. The molecule has 0 aliphatic carbocycles. The van der Waals surface area contributed by atoms with Crippen molar-refractivity contribution in [1.82, 2.24) is 4.98 Å². The van der Waals surface area contributed by atoms with E-state index in [4.69, 9.17) is 5.11 Å². The number of halogens is 1. The number of nitro groups is 1. The Bertz CT molecular complexity index is 362. The second-order valence-electron chi connectivity index (χ2n) is 2.66. The zero-order chi connectivity index (χ0) is 11.3. The van der Waals surface area contributed by atoms with Crippen LogP contribution in [0.15, 0.2) is 21.8 Å². The number of aliphatic hydroxyl groups is 1. The molecule has 0 amide bonds. The van der Waals surface area contributed by atoms with Gasteiger partial charge in [-0.3, -0.25) is 10.1 Å². The molecule has 0 bridgehead atoms. The topological polar surface area (TPSA) is 76.3 Å². The van der Waals surface area contributed by atoms with Crippen LogP contribution in [0.4, 0.5) is 5.69 Å². The number of thioether (sulfide) groups is 1. The van der Waals surface area contributed by atoms with Gasteiger partial charge in [-0.15, -0.1) is 0 Å². The molecule has 0 spiro atoms. The van der Waals surface area contributed by atoms with Crippen LogP contribution >= 0.6 is 27.7 Å². The Morgan fingerprint density at radius 1 is 1.67 bits per heavy atom. The van der Waals surface area contributed by atoms with E-state index in [0.29, 0.717) is 21.7 Å². The lowest BCUT2D eigenvalue weighted by atomic mass is 10.4. The summed E-state index contributed by atoms with van der Waals surface area (Å²) in [5.41, 5.74) is -0.00712. The number of hydrogen-bond donors (Lipinski definition) is 1. The van der Waals surface area contributed by atoms with Crippen LogP contribution in [0, 0.1) is 10.1 Å². The third-order valence-corrected chi connectivity index (χ3v) is 3.05. The van der Waals surface area contributed by atoms with Gasteiger partial charge < -0.3 is 5.11 Å². The van der Waals surface area contributed by atoms with E-state index in [-0.39, 0.29) is 12.3 Å². The molecule has 1 aromatic heterocycles. The van der Waals surface area contributed by atoms with Gasteiger partial charge in [0.1, 0.15) is 0 Å². The minimum absolute atomic E-state index is 0.00712. The largest absolute Gasteiger partial charge is 0.396 e. The summed E-state index contributed by atoms with van der Waals surface area (Å²) < 4.78 is 0.584. The highest BCUT2D eigenvalue weighted by Gasteiger charge is 2.15. The molecule has 0 aliphatic heterocycles. The smallest absolute Gasteiger partial charge is 0.302 e. The van der Waals surface area contributed by atoms with E-state index in [2.05, 4.69) is 20.9 Å². The van der Waals surface area contributed by atoms with Crippen molar-refractivity contribution in [3.05, 3.63) is 26.9 Å². The first-order valence-corrected chi connectivity index (χ1v) is 5.96. The van der Waals surface area contributed by atoms with Gasteiger partial charge in [0.05, 0.1) is 4.92 Å². The first kappa shape index (κ1) is 12.4. The minimum atomic E-state index is -0.459. The fourth-order valence-electron chi connectivity index (χ4n) is 0.891. The summed E-state index contributed by atoms with van der Waals surface area (Å²) in [6, 6.07) is 1.42. The molecule has 5 nitrogen and oxygen atoms in total. The van der Waals surface area contributed by atoms with E-state index in [1.165, 1.54) is 24.0 Å². The van der Waals surface area contributed by atoms with Gasteiger partial charge >= 0.3 is 5.69 Å². The van der Waals surface area contributed by atoms with Gasteiger partial charge in [0.2, 0.25) is 0 Å². The predicted octanol–water partition coefficient (Wildman–Crippen LogP) is 2.23. The maximum Gasteiger partial charge on any atom is 0.302 e. The van der Waals surface area contributed by atoms with Crippen LogP contribution in [-0.4, -0.2) is 27.4 Å². The lowest BCUT2D eigenvalue weighted by Gasteiger charge is -2.01. The van der Waals surface area contributed by atoms with E-state index in [9.17, 15) is 10.1 Å². The number of nitrogens with zero attached hydrogens (tertiary/aromatic N) is 2. The van der Waals surface area contributed by atoms with Gasteiger partial charge in [-0.05, 0) is 22.4 Å². The van der Waals surface area contributed by atoms with Crippen molar-refractivity contribution in [1.29, 1.82) is 0 Å². The van der Waals surface area contributed by atoms with Crippen molar-refractivity contribution < 1.29 is 10.0 Å². The summed E-state index contributed by atoms with van der Waals surface area (Å²) in [5, 5.41) is 19.7. The van der Waals surface area contributed by atoms with Gasteiger partial charge in [0.25, 0.3) is 0 Å². The summed E-state index contributed by atoms with van der Waals surface area (Å²) in [6.07, 6.45) is 2.12. The summed E-state index contributed by atoms with van der Waals surface area (Å²) in [4.78, 5) is 14.2. The molecule has 1 heterocycles. The van der Waals surface area contributed by atoms with Crippen molar-refractivity contribution in [2.24, 2.45) is 0 Å². The van der Waals surface area contributed by atoms with Crippen LogP contribution in [0.3, 0.4) is 0 Å². The Hall–Kier alpha value is -0.660. The lowest BCUT2D eigenvalue weighted by Crippen LogP contribution is -1.95. The summed E-state index contributed by atoms with van der Waals surface area (Å²) in [6.45, 7) is 0.0807. The highest BCUT2D eigenvalue weighted by Crippen LogP contribution is 2.29. The molecule has 0 saturated carbocycles. The second kappa shape index (κ2) is 6.04. The second-order valence-corrected chi connectivity index (χ2v) is 4.66. The van der Waals surface area contributed by atoms with Crippen LogP contribution in [0.25, 0.3) is 0 Å². The Kier molecular flexibility index (Phi) is 5.00. The maximum atomic E-state index is 10.7. The van der Waals surface area contributed by atoms with Crippen LogP contribution in [0.1, 0.15) is 6.42 Å². The first-order valence-electron chi connectivity index (χ1n) is 4.18. The van der Waals surface area contributed by atoms with Gasteiger partial charge in [-0.2, -0.15) is 0 Å². The monoisotopic (exact) mass is 292 g/mol. The average molecular weight is 293 g/mol. The number of pyridine rings is 1. The van der Waals surface area contributed by atoms with Gasteiger partial charge in [-0.25, -0.2) is 4.98 Å². The molecule has 1 N–H and O–H groups in total. The quantitative estimate of drug-likeness (QED) is 0.390.